The Balaban J connectivity index is 2.54. The highest BCUT2D eigenvalue weighted by atomic mass is 32.2. The number of hydrogen-bond acceptors (Lipinski definition) is 3. The van der Waals surface area contributed by atoms with E-state index in [2.05, 4.69) is 4.72 Å². The predicted molar refractivity (Wildman–Crippen MR) is 72.5 cm³/mol. The molecule has 0 aliphatic heterocycles. The zero-order valence-corrected chi connectivity index (χ0v) is 12.0. The van der Waals surface area contributed by atoms with Crippen LogP contribution in [0.15, 0.2) is 12.2 Å². The lowest BCUT2D eigenvalue weighted by Gasteiger charge is -2.18. The molecule has 0 fully saturated rings. The average molecular weight is 273 g/mol. The first-order valence-corrected chi connectivity index (χ1v) is 8.33. The van der Waals surface area contributed by atoms with E-state index in [1.54, 1.807) is 0 Å². The standard InChI is InChI=1S/C13H23NO3S/c1-3-11(4-2)10-18(16,17)14-13(15)12-8-6-5-7-9-12/h5-6,11-12H,3-4,7-10H2,1-2H3,(H,14,15)/t12-/m0/s1. The topological polar surface area (TPSA) is 63.2 Å². The Morgan fingerprint density at radius 1 is 1.33 bits per heavy atom. The van der Waals surface area contributed by atoms with Gasteiger partial charge in [0.05, 0.1) is 5.75 Å². The fourth-order valence-electron chi connectivity index (χ4n) is 2.14. The fourth-order valence-corrected chi connectivity index (χ4v) is 3.79. The second kappa shape index (κ2) is 6.92. The zero-order chi connectivity index (χ0) is 13.6. The highest BCUT2D eigenvalue weighted by Gasteiger charge is 2.24. The largest absolute Gasteiger partial charge is 0.274 e. The normalized spacial score (nSPS) is 20.1. The Morgan fingerprint density at radius 2 is 2.00 bits per heavy atom. The molecule has 18 heavy (non-hydrogen) atoms. The first kappa shape index (κ1) is 15.2. The van der Waals surface area contributed by atoms with Crippen LogP contribution in [0, 0.1) is 11.8 Å². The van der Waals surface area contributed by atoms with Crippen LogP contribution in [-0.2, 0) is 14.8 Å². The number of sulfonamides is 1. The predicted octanol–water partition coefficient (Wildman–Crippen LogP) is 2.22. The molecule has 1 aliphatic carbocycles. The molecule has 0 saturated carbocycles. The summed E-state index contributed by atoms with van der Waals surface area (Å²) in [6.45, 7) is 3.94. The van der Waals surface area contributed by atoms with E-state index in [0.29, 0.717) is 6.42 Å². The molecule has 5 heteroatoms. The lowest BCUT2D eigenvalue weighted by atomic mass is 9.94. The van der Waals surface area contributed by atoms with Gasteiger partial charge in [0.25, 0.3) is 0 Å². The molecule has 0 radical (unpaired) electrons. The van der Waals surface area contributed by atoms with Crippen LogP contribution in [-0.4, -0.2) is 20.1 Å². The number of carbonyl (C=O) groups is 1. The third-order valence-electron chi connectivity index (χ3n) is 3.51. The molecule has 104 valence electrons. The number of hydrogen-bond donors (Lipinski definition) is 1. The second-order valence-electron chi connectivity index (χ2n) is 4.91. The number of carbonyl (C=O) groups excluding carboxylic acids is 1. The van der Waals surface area contributed by atoms with E-state index in [9.17, 15) is 13.2 Å². The third-order valence-corrected chi connectivity index (χ3v) is 4.93. The summed E-state index contributed by atoms with van der Waals surface area (Å²) in [7, 11) is -3.48. The molecular formula is C13H23NO3S. The van der Waals surface area contributed by atoms with E-state index in [1.165, 1.54) is 0 Å². The molecular weight excluding hydrogens is 250 g/mol. The van der Waals surface area contributed by atoms with Crippen LogP contribution in [0.3, 0.4) is 0 Å². The van der Waals surface area contributed by atoms with Gasteiger partial charge in [0.1, 0.15) is 0 Å². The molecule has 1 amide bonds. The first-order valence-electron chi connectivity index (χ1n) is 6.67. The highest BCUT2D eigenvalue weighted by molar-refractivity contribution is 7.90. The lowest BCUT2D eigenvalue weighted by Crippen LogP contribution is -2.38. The third kappa shape index (κ3) is 4.80. The number of amides is 1. The molecule has 0 bridgehead atoms. The summed E-state index contributed by atoms with van der Waals surface area (Å²) in [5.41, 5.74) is 0. The van der Waals surface area contributed by atoms with E-state index in [-0.39, 0.29) is 23.5 Å². The van der Waals surface area contributed by atoms with Gasteiger partial charge in [0.15, 0.2) is 0 Å². The smallest absolute Gasteiger partial charge is 0.236 e. The molecule has 0 aromatic heterocycles. The van der Waals surface area contributed by atoms with Crippen LogP contribution in [0.5, 0.6) is 0 Å². The van der Waals surface area contributed by atoms with Crippen molar-refractivity contribution in [3.8, 4) is 0 Å². The summed E-state index contributed by atoms with van der Waals surface area (Å²) in [5, 5.41) is 0. The van der Waals surface area contributed by atoms with Crippen LogP contribution >= 0.6 is 0 Å². The van der Waals surface area contributed by atoms with Crippen LogP contribution in [0.1, 0.15) is 46.0 Å². The Kier molecular flexibility index (Phi) is 5.85. The van der Waals surface area contributed by atoms with Gasteiger partial charge < -0.3 is 0 Å². The van der Waals surface area contributed by atoms with Crippen molar-refractivity contribution >= 4 is 15.9 Å². The van der Waals surface area contributed by atoms with Gasteiger partial charge in [-0.15, -0.1) is 0 Å². The first-order chi connectivity index (χ1) is 8.48. The molecule has 0 unspecified atom stereocenters. The maximum Gasteiger partial charge on any atom is 0.236 e. The number of rotatable bonds is 6. The summed E-state index contributed by atoms with van der Waals surface area (Å²) in [6.07, 6.45) is 7.85. The summed E-state index contributed by atoms with van der Waals surface area (Å²) >= 11 is 0. The van der Waals surface area contributed by atoms with E-state index in [0.717, 1.165) is 25.7 Å². The zero-order valence-electron chi connectivity index (χ0n) is 11.2. The van der Waals surface area contributed by atoms with Gasteiger partial charge in [-0.25, -0.2) is 8.42 Å². The van der Waals surface area contributed by atoms with Gasteiger partial charge in [0.2, 0.25) is 15.9 Å². The van der Waals surface area contributed by atoms with Crippen molar-refractivity contribution in [1.82, 2.24) is 4.72 Å². The van der Waals surface area contributed by atoms with E-state index in [4.69, 9.17) is 0 Å². The van der Waals surface area contributed by atoms with Crippen molar-refractivity contribution in [2.45, 2.75) is 46.0 Å². The Morgan fingerprint density at radius 3 is 2.50 bits per heavy atom. The van der Waals surface area contributed by atoms with Crippen LogP contribution in [0.2, 0.25) is 0 Å². The maximum atomic E-state index is 11.9. The second-order valence-corrected chi connectivity index (χ2v) is 6.68. The summed E-state index contributed by atoms with van der Waals surface area (Å²) in [6, 6.07) is 0. The van der Waals surface area contributed by atoms with Gasteiger partial charge in [0, 0.05) is 5.92 Å². The Hall–Kier alpha value is -0.840. The summed E-state index contributed by atoms with van der Waals surface area (Å²) < 4.78 is 25.9. The molecule has 0 heterocycles. The van der Waals surface area contributed by atoms with Crippen molar-refractivity contribution in [3.05, 3.63) is 12.2 Å². The molecule has 1 aliphatic rings. The van der Waals surface area contributed by atoms with Crippen molar-refractivity contribution in [2.75, 3.05) is 5.75 Å². The van der Waals surface area contributed by atoms with Gasteiger partial charge in [-0.1, -0.05) is 38.8 Å². The maximum absolute atomic E-state index is 11.9. The number of allylic oxidation sites excluding steroid dienone is 2. The van der Waals surface area contributed by atoms with Crippen molar-refractivity contribution in [3.63, 3.8) is 0 Å². The Bertz CT molecular complexity index is 396. The van der Waals surface area contributed by atoms with Crippen LogP contribution < -0.4 is 4.72 Å². The molecule has 0 spiro atoms. The minimum absolute atomic E-state index is 0.0499. The van der Waals surface area contributed by atoms with Crippen molar-refractivity contribution < 1.29 is 13.2 Å². The fraction of sp³-hybridized carbons (Fsp3) is 0.769. The molecule has 1 atom stereocenters. The van der Waals surface area contributed by atoms with Crippen LogP contribution in [0.4, 0.5) is 0 Å². The average Bonchev–Trinajstić information content (AvgIpc) is 2.36. The monoisotopic (exact) mass is 273 g/mol. The molecule has 0 saturated heterocycles. The van der Waals surface area contributed by atoms with E-state index >= 15 is 0 Å². The van der Waals surface area contributed by atoms with Gasteiger partial charge >= 0.3 is 0 Å². The minimum atomic E-state index is -3.48. The van der Waals surface area contributed by atoms with Gasteiger partial charge in [-0.2, -0.15) is 0 Å². The Labute approximate surface area is 110 Å². The molecule has 0 aromatic rings. The lowest BCUT2D eigenvalue weighted by molar-refractivity contribution is -0.123. The molecule has 1 N–H and O–H groups in total. The van der Waals surface area contributed by atoms with E-state index < -0.39 is 10.0 Å². The summed E-state index contributed by atoms with van der Waals surface area (Å²) in [4.78, 5) is 11.8. The van der Waals surface area contributed by atoms with E-state index in [1.807, 2.05) is 26.0 Å². The molecule has 4 nitrogen and oxygen atoms in total. The van der Waals surface area contributed by atoms with Crippen molar-refractivity contribution in [1.29, 1.82) is 0 Å². The number of nitrogens with one attached hydrogen (secondary N) is 1. The van der Waals surface area contributed by atoms with Crippen LogP contribution in [0.25, 0.3) is 0 Å². The minimum Gasteiger partial charge on any atom is -0.274 e. The van der Waals surface area contributed by atoms with Gasteiger partial charge in [-0.3, -0.25) is 9.52 Å². The SMILES string of the molecule is CCC(CC)CS(=O)(=O)NC(=O)[C@H]1CC=CCC1. The molecule has 1 rings (SSSR count). The van der Waals surface area contributed by atoms with Crippen molar-refractivity contribution in [2.24, 2.45) is 11.8 Å². The van der Waals surface area contributed by atoms with Gasteiger partial charge in [-0.05, 0) is 25.2 Å². The quantitative estimate of drug-likeness (QED) is 0.755. The summed E-state index contributed by atoms with van der Waals surface area (Å²) in [5.74, 6) is -0.354. The molecule has 0 aromatic carbocycles. The highest BCUT2D eigenvalue weighted by Crippen LogP contribution is 2.18.